The van der Waals surface area contributed by atoms with E-state index in [2.05, 4.69) is 51.5 Å². The van der Waals surface area contributed by atoms with Gasteiger partial charge in [-0.05, 0) is 25.6 Å². The lowest BCUT2D eigenvalue weighted by Crippen LogP contribution is -2.21. The minimum absolute atomic E-state index is 0.582. The van der Waals surface area contributed by atoms with Crippen LogP contribution in [0.4, 0.5) is 11.6 Å². The third-order valence-electron chi connectivity index (χ3n) is 2.97. The second kappa shape index (κ2) is 7.45. The van der Waals surface area contributed by atoms with Gasteiger partial charge in [-0.1, -0.05) is 30.3 Å². The average Bonchev–Trinajstić information content (AvgIpc) is 2.46. The zero-order valence-electron chi connectivity index (χ0n) is 11.8. The van der Waals surface area contributed by atoms with Gasteiger partial charge in [-0.25, -0.2) is 9.97 Å². The standard InChI is InChI=1S/C15H21N5/c1-20(12-13-6-3-2-4-7-13)9-5-8-17-15-18-10-14(16)11-19-15/h2-4,6-7,10-11H,5,8-9,12,16H2,1H3,(H,17,18,19). The highest BCUT2D eigenvalue weighted by Gasteiger charge is 2.00. The number of rotatable bonds is 7. The van der Waals surface area contributed by atoms with E-state index in [1.165, 1.54) is 5.56 Å². The monoisotopic (exact) mass is 271 g/mol. The van der Waals surface area contributed by atoms with Gasteiger partial charge >= 0.3 is 0 Å². The number of hydrogen-bond donors (Lipinski definition) is 2. The molecular formula is C15H21N5. The molecule has 1 aromatic carbocycles. The van der Waals surface area contributed by atoms with Crippen LogP contribution in [0.1, 0.15) is 12.0 Å². The molecule has 1 heterocycles. The maximum Gasteiger partial charge on any atom is 0.222 e. The smallest absolute Gasteiger partial charge is 0.222 e. The molecule has 20 heavy (non-hydrogen) atoms. The van der Waals surface area contributed by atoms with Crippen molar-refractivity contribution in [3.8, 4) is 0 Å². The molecule has 0 fully saturated rings. The largest absolute Gasteiger partial charge is 0.396 e. The van der Waals surface area contributed by atoms with Crippen LogP contribution in [0.25, 0.3) is 0 Å². The van der Waals surface area contributed by atoms with E-state index in [0.717, 1.165) is 26.1 Å². The summed E-state index contributed by atoms with van der Waals surface area (Å²) in [5, 5.41) is 3.19. The van der Waals surface area contributed by atoms with Crippen LogP contribution in [0.3, 0.4) is 0 Å². The molecule has 106 valence electrons. The second-order valence-electron chi connectivity index (χ2n) is 4.84. The summed E-state index contributed by atoms with van der Waals surface area (Å²) in [6.07, 6.45) is 4.25. The molecule has 0 radical (unpaired) electrons. The molecule has 0 saturated heterocycles. The Kier molecular flexibility index (Phi) is 5.32. The van der Waals surface area contributed by atoms with E-state index in [0.29, 0.717) is 11.6 Å². The van der Waals surface area contributed by atoms with Crippen LogP contribution in [0.15, 0.2) is 42.7 Å². The van der Waals surface area contributed by atoms with Crippen LogP contribution in [-0.4, -0.2) is 35.0 Å². The van der Waals surface area contributed by atoms with Crippen molar-refractivity contribution in [2.24, 2.45) is 0 Å². The van der Waals surface area contributed by atoms with Gasteiger partial charge in [-0.2, -0.15) is 0 Å². The minimum Gasteiger partial charge on any atom is -0.396 e. The summed E-state index contributed by atoms with van der Waals surface area (Å²) in [7, 11) is 2.13. The van der Waals surface area contributed by atoms with Crippen LogP contribution < -0.4 is 11.1 Å². The zero-order valence-corrected chi connectivity index (χ0v) is 11.8. The molecule has 3 N–H and O–H groups in total. The van der Waals surface area contributed by atoms with Crippen molar-refractivity contribution >= 4 is 11.6 Å². The number of nitrogens with zero attached hydrogens (tertiary/aromatic N) is 3. The Labute approximate surface area is 119 Å². The number of anilines is 2. The van der Waals surface area contributed by atoms with Crippen molar-refractivity contribution in [3.63, 3.8) is 0 Å². The Balaban J connectivity index is 1.64. The molecule has 5 heteroatoms. The van der Waals surface area contributed by atoms with Crippen LogP contribution in [0.2, 0.25) is 0 Å². The molecule has 0 aliphatic carbocycles. The topological polar surface area (TPSA) is 67.1 Å². The Hall–Kier alpha value is -2.14. The van der Waals surface area contributed by atoms with E-state index in [1.54, 1.807) is 12.4 Å². The molecule has 0 aliphatic rings. The van der Waals surface area contributed by atoms with Crippen LogP contribution in [-0.2, 0) is 6.54 Å². The summed E-state index contributed by atoms with van der Waals surface area (Å²) in [5.74, 6) is 0.630. The first-order chi connectivity index (χ1) is 9.74. The van der Waals surface area contributed by atoms with Gasteiger partial charge in [0.2, 0.25) is 5.95 Å². The van der Waals surface area contributed by atoms with Gasteiger partial charge in [0.1, 0.15) is 0 Å². The van der Waals surface area contributed by atoms with Gasteiger partial charge in [-0.15, -0.1) is 0 Å². The van der Waals surface area contributed by atoms with Crippen molar-refractivity contribution in [1.29, 1.82) is 0 Å². The molecule has 0 unspecified atom stereocenters. The van der Waals surface area contributed by atoms with E-state index in [-0.39, 0.29) is 0 Å². The van der Waals surface area contributed by atoms with Gasteiger partial charge < -0.3 is 16.0 Å². The molecular weight excluding hydrogens is 250 g/mol. The fourth-order valence-electron chi connectivity index (χ4n) is 1.95. The Morgan fingerprint density at radius 2 is 1.85 bits per heavy atom. The number of hydrogen-bond acceptors (Lipinski definition) is 5. The number of nitrogens with one attached hydrogen (secondary N) is 1. The molecule has 0 saturated carbocycles. The van der Waals surface area contributed by atoms with Crippen LogP contribution >= 0.6 is 0 Å². The van der Waals surface area contributed by atoms with E-state index in [1.807, 2.05) is 6.07 Å². The molecule has 5 nitrogen and oxygen atoms in total. The summed E-state index contributed by atoms with van der Waals surface area (Å²) in [5.41, 5.74) is 7.45. The van der Waals surface area contributed by atoms with Crippen molar-refractivity contribution < 1.29 is 0 Å². The van der Waals surface area contributed by atoms with Crippen molar-refractivity contribution in [1.82, 2.24) is 14.9 Å². The van der Waals surface area contributed by atoms with Crippen molar-refractivity contribution in [2.45, 2.75) is 13.0 Å². The number of aromatic nitrogens is 2. The minimum atomic E-state index is 0.582. The van der Waals surface area contributed by atoms with E-state index in [4.69, 9.17) is 5.73 Å². The fraction of sp³-hybridized carbons (Fsp3) is 0.333. The zero-order chi connectivity index (χ0) is 14.2. The normalized spacial score (nSPS) is 10.7. The lowest BCUT2D eigenvalue weighted by molar-refractivity contribution is 0.325. The molecule has 2 rings (SSSR count). The first-order valence-corrected chi connectivity index (χ1v) is 6.78. The highest BCUT2D eigenvalue weighted by Crippen LogP contribution is 2.04. The average molecular weight is 271 g/mol. The van der Waals surface area contributed by atoms with E-state index < -0.39 is 0 Å². The maximum absolute atomic E-state index is 5.54. The predicted octanol–water partition coefficient (Wildman–Crippen LogP) is 1.99. The summed E-state index contributed by atoms with van der Waals surface area (Å²) < 4.78 is 0. The van der Waals surface area contributed by atoms with Crippen LogP contribution in [0.5, 0.6) is 0 Å². The highest BCUT2D eigenvalue weighted by atomic mass is 15.1. The van der Waals surface area contributed by atoms with Gasteiger partial charge in [0.05, 0.1) is 18.1 Å². The number of nitrogen functional groups attached to an aromatic ring is 1. The third kappa shape index (κ3) is 4.85. The van der Waals surface area contributed by atoms with Crippen LogP contribution in [0, 0.1) is 0 Å². The molecule has 1 aromatic heterocycles. The first-order valence-electron chi connectivity index (χ1n) is 6.78. The molecule has 0 bridgehead atoms. The SMILES string of the molecule is CN(CCCNc1ncc(N)cn1)Cc1ccccc1. The van der Waals surface area contributed by atoms with Gasteiger partial charge in [0, 0.05) is 13.1 Å². The van der Waals surface area contributed by atoms with E-state index >= 15 is 0 Å². The van der Waals surface area contributed by atoms with Gasteiger partial charge in [0.25, 0.3) is 0 Å². The summed E-state index contributed by atoms with van der Waals surface area (Å²) in [6.45, 7) is 2.85. The Bertz CT molecular complexity index is 497. The van der Waals surface area contributed by atoms with Crippen molar-refractivity contribution in [2.75, 3.05) is 31.2 Å². The van der Waals surface area contributed by atoms with Crippen molar-refractivity contribution in [3.05, 3.63) is 48.3 Å². The molecule has 0 spiro atoms. The van der Waals surface area contributed by atoms with Gasteiger partial charge in [0.15, 0.2) is 0 Å². The maximum atomic E-state index is 5.54. The first kappa shape index (κ1) is 14.3. The Morgan fingerprint density at radius 1 is 1.15 bits per heavy atom. The molecule has 0 atom stereocenters. The fourth-order valence-corrected chi connectivity index (χ4v) is 1.95. The lowest BCUT2D eigenvalue weighted by atomic mass is 10.2. The summed E-state index contributed by atoms with van der Waals surface area (Å²) in [6, 6.07) is 10.5. The second-order valence-corrected chi connectivity index (χ2v) is 4.84. The third-order valence-corrected chi connectivity index (χ3v) is 2.97. The molecule has 0 amide bonds. The summed E-state index contributed by atoms with van der Waals surface area (Å²) in [4.78, 5) is 10.5. The van der Waals surface area contributed by atoms with E-state index in [9.17, 15) is 0 Å². The Morgan fingerprint density at radius 3 is 2.55 bits per heavy atom. The number of benzene rings is 1. The molecule has 2 aromatic rings. The molecule has 0 aliphatic heterocycles. The number of nitrogens with two attached hydrogens (primary N) is 1. The summed E-state index contributed by atoms with van der Waals surface area (Å²) >= 11 is 0. The van der Waals surface area contributed by atoms with Gasteiger partial charge in [-0.3, -0.25) is 0 Å². The highest BCUT2D eigenvalue weighted by molar-refractivity contribution is 5.35. The predicted molar refractivity (Wildman–Crippen MR) is 82.3 cm³/mol. The lowest BCUT2D eigenvalue weighted by Gasteiger charge is -2.16. The quantitative estimate of drug-likeness (QED) is 0.754.